The van der Waals surface area contributed by atoms with Crippen molar-refractivity contribution in [2.24, 2.45) is 0 Å². The number of ether oxygens (including phenoxy) is 1. The van der Waals surface area contributed by atoms with E-state index >= 15 is 0 Å². The molecule has 0 aliphatic heterocycles. The van der Waals surface area contributed by atoms with Crippen molar-refractivity contribution in [3.05, 3.63) is 23.4 Å². The van der Waals surface area contributed by atoms with Crippen LogP contribution in [0.15, 0.2) is 12.1 Å². The molecule has 1 aromatic heterocycles. The van der Waals surface area contributed by atoms with E-state index in [1.54, 1.807) is 7.11 Å². The van der Waals surface area contributed by atoms with E-state index in [0.29, 0.717) is 6.04 Å². The fourth-order valence-electron chi connectivity index (χ4n) is 1.85. The Balaban J connectivity index is 2.59. The predicted octanol–water partition coefficient (Wildman–Crippen LogP) is 2.36. The molecule has 0 unspecified atom stereocenters. The Morgan fingerprint density at radius 1 is 1.37 bits per heavy atom. The van der Waals surface area contributed by atoms with Gasteiger partial charge in [-0.1, -0.05) is 19.9 Å². The smallest absolute Gasteiger partial charge is 0.128 e. The van der Waals surface area contributed by atoms with Crippen LogP contribution in [0, 0.1) is 6.92 Å². The molecule has 0 aromatic carbocycles. The maximum Gasteiger partial charge on any atom is 0.128 e. The summed E-state index contributed by atoms with van der Waals surface area (Å²) in [5.74, 6) is 1.03. The van der Waals surface area contributed by atoms with Crippen LogP contribution in [0.2, 0.25) is 0 Å². The van der Waals surface area contributed by atoms with Crippen molar-refractivity contribution >= 4 is 5.82 Å². The van der Waals surface area contributed by atoms with Gasteiger partial charge in [-0.2, -0.15) is 0 Å². The zero-order chi connectivity index (χ0) is 14.3. The van der Waals surface area contributed by atoms with Crippen LogP contribution < -0.4 is 10.2 Å². The van der Waals surface area contributed by atoms with Gasteiger partial charge in [-0.25, -0.2) is 4.98 Å². The summed E-state index contributed by atoms with van der Waals surface area (Å²) in [4.78, 5) is 6.85. The number of nitrogens with one attached hydrogen (secondary N) is 1. The van der Waals surface area contributed by atoms with E-state index < -0.39 is 0 Å². The topological polar surface area (TPSA) is 37.4 Å². The molecule has 4 nitrogen and oxygen atoms in total. The van der Waals surface area contributed by atoms with Crippen LogP contribution in [0.5, 0.6) is 0 Å². The third kappa shape index (κ3) is 5.57. The van der Waals surface area contributed by atoms with E-state index in [2.05, 4.69) is 55.2 Å². The van der Waals surface area contributed by atoms with Crippen LogP contribution in [0.3, 0.4) is 0 Å². The average molecular weight is 265 g/mol. The normalized spacial score (nSPS) is 11.1. The number of aryl methyl sites for hydroxylation is 1. The van der Waals surface area contributed by atoms with Crippen LogP contribution in [0.25, 0.3) is 0 Å². The lowest BCUT2D eigenvalue weighted by Crippen LogP contribution is -2.24. The van der Waals surface area contributed by atoms with Gasteiger partial charge in [-0.15, -0.1) is 0 Å². The molecule has 0 atom stereocenters. The highest BCUT2D eigenvalue weighted by atomic mass is 16.5. The summed E-state index contributed by atoms with van der Waals surface area (Å²) >= 11 is 0. The van der Waals surface area contributed by atoms with Crippen molar-refractivity contribution in [2.45, 2.75) is 39.8 Å². The molecule has 0 amide bonds. The summed E-state index contributed by atoms with van der Waals surface area (Å²) in [6, 6.07) is 4.76. The van der Waals surface area contributed by atoms with Gasteiger partial charge in [0, 0.05) is 45.6 Å². The molecule has 1 N–H and O–H groups in total. The molecule has 0 bridgehead atoms. The van der Waals surface area contributed by atoms with E-state index in [9.17, 15) is 0 Å². The van der Waals surface area contributed by atoms with Crippen LogP contribution >= 0.6 is 0 Å². The van der Waals surface area contributed by atoms with E-state index in [1.807, 2.05) is 0 Å². The van der Waals surface area contributed by atoms with Crippen molar-refractivity contribution in [3.63, 3.8) is 0 Å². The highest BCUT2D eigenvalue weighted by Crippen LogP contribution is 2.14. The molecule has 4 heteroatoms. The lowest BCUT2D eigenvalue weighted by Gasteiger charge is -2.19. The van der Waals surface area contributed by atoms with Crippen molar-refractivity contribution in [1.82, 2.24) is 10.3 Å². The minimum Gasteiger partial charge on any atom is -0.385 e. The molecule has 0 aliphatic carbocycles. The van der Waals surface area contributed by atoms with Crippen LogP contribution in [-0.4, -0.2) is 38.3 Å². The van der Waals surface area contributed by atoms with Gasteiger partial charge in [0.15, 0.2) is 0 Å². The molecule has 0 fully saturated rings. The first kappa shape index (κ1) is 15.9. The molecule has 0 aliphatic rings. The van der Waals surface area contributed by atoms with E-state index in [0.717, 1.165) is 37.6 Å². The van der Waals surface area contributed by atoms with Gasteiger partial charge in [0.25, 0.3) is 0 Å². The zero-order valence-corrected chi connectivity index (χ0v) is 12.9. The third-order valence-electron chi connectivity index (χ3n) is 3.11. The van der Waals surface area contributed by atoms with Crippen molar-refractivity contribution in [1.29, 1.82) is 0 Å². The van der Waals surface area contributed by atoms with Crippen molar-refractivity contribution in [3.8, 4) is 0 Å². The minimum atomic E-state index is 0.496. The van der Waals surface area contributed by atoms with E-state index in [1.165, 1.54) is 5.56 Å². The minimum absolute atomic E-state index is 0.496. The zero-order valence-electron chi connectivity index (χ0n) is 12.9. The Labute approximate surface area is 117 Å². The molecule has 19 heavy (non-hydrogen) atoms. The van der Waals surface area contributed by atoms with Crippen LogP contribution in [0.4, 0.5) is 5.82 Å². The molecular formula is C15H27N3O. The molecule has 1 heterocycles. The van der Waals surface area contributed by atoms with Crippen molar-refractivity contribution in [2.75, 3.05) is 32.2 Å². The number of hydrogen-bond acceptors (Lipinski definition) is 4. The summed E-state index contributed by atoms with van der Waals surface area (Å²) in [6.07, 6.45) is 1.02. The molecule has 0 saturated carbocycles. The summed E-state index contributed by atoms with van der Waals surface area (Å²) < 4.78 is 5.07. The number of aromatic nitrogens is 1. The second-order valence-electron chi connectivity index (χ2n) is 5.22. The van der Waals surface area contributed by atoms with Gasteiger partial charge in [-0.05, 0) is 25.0 Å². The Bertz CT molecular complexity index is 380. The molecule has 0 saturated heterocycles. The predicted molar refractivity (Wildman–Crippen MR) is 80.7 cm³/mol. The van der Waals surface area contributed by atoms with Gasteiger partial charge in [-0.3, -0.25) is 0 Å². The summed E-state index contributed by atoms with van der Waals surface area (Å²) in [5.41, 5.74) is 2.37. The van der Waals surface area contributed by atoms with Crippen LogP contribution in [-0.2, 0) is 11.3 Å². The quantitative estimate of drug-likeness (QED) is 0.732. The first-order valence-corrected chi connectivity index (χ1v) is 6.94. The van der Waals surface area contributed by atoms with Gasteiger partial charge >= 0.3 is 0 Å². The highest BCUT2D eigenvalue weighted by Gasteiger charge is 2.06. The Kier molecular flexibility index (Phi) is 6.81. The highest BCUT2D eigenvalue weighted by molar-refractivity contribution is 5.40. The largest absolute Gasteiger partial charge is 0.385 e. The standard InChI is InChI=1S/C15H27N3O/c1-12(2)16-11-14-7-8-15(17-13(14)3)18(4)9-6-10-19-5/h7-8,12,16H,6,9-11H2,1-5H3. The SMILES string of the molecule is COCCCN(C)c1ccc(CNC(C)C)c(C)n1. The van der Waals surface area contributed by atoms with Gasteiger partial charge in [0.2, 0.25) is 0 Å². The number of anilines is 1. The summed E-state index contributed by atoms with van der Waals surface area (Å²) in [5, 5.41) is 3.42. The maximum absolute atomic E-state index is 5.07. The Morgan fingerprint density at radius 3 is 2.68 bits per heavy atom. The first-order chi connectivity index (χ1) is 9.04. The van der Waals surface area contributed by atoms with Gasteiger partial charge in [0.05, 0.1) is 0 Å². The maximum atomic E-state index is 5.07. The Hall–Kier alpha value is -1.13. The fourth-order valence-corrected chi connectivity index (χ4v) is 1.85. The van der Waals surface area contributed by atoms with E-state index in [-0.39, 0.29) is 0 Å². The molecule has 0 radical (unpaired) electrons. The number of methoxy groups -OCH3 is 1. The molecule has 1 aromatic rings. The van der Waals surface area contributed by atoms with Gasteiger partial charge < -0.3 is 15.0 Å². The first-order valence-electron chi connectivity index (χ1n) is 6.94. The second kappa shape index (κ2) is 8.12. The monoisotopic (exact) mass is 265 g/mol. The summed E-state index contributed by atoms with van der Waals surface area (Å²) in [7, 11) is 3.81. The lowest BCUT2D eigenvalue weighted by atomic mass is 10.2. The molecule has 1 rings (SSSR count). The number of rotatable bonds is 8. The molecular weight excluding hydrogens is 238 g/mol. The Morgan fingerprint density at radius 2 is 2.11 bits per heavy atom. The summed E-state index contributed by atoms with van der Waals surface area (Å²) in [6.45, 7) is 9.01. The van der Waals surface area contributed by atoms with Crippen LogP contribution in [0.1, 0.15) is 31.5 Å². The molecule has 0 spiro atoms. The number of nitrogens with zero attached hydrogens (tertiary/aromatic N) is 2. The molecule has 108 valence electrons. The lowest BCUT2D eigenvalue weighted by molar-refractivity contribution is 0.196. The average Bonchev–Trinajstić information content (AvgIpc) is 2.37. The number of pyridine rings is 1. The second-order valence-corrected chi connectivity index (χ2v) is 5.22. The van der Waals surface area contributed by atoms with Crippen molar-refractivity contribution < 1.29 is 4.74 Å². The van der Waals surface area contributed by atoms with Gasteiger partial charge in [0.1, 0.15) is 5.82 Å². The fraction of sp³-hybridized carbons (Fsp3) is 0.667. The third-order valence-corrected chi connectivity index (χ3v) is 3.11. The number of hydrogen-bond donors (Lipinski definition) is 1. The van der Waals surface area contributed by atoms with E-state index in [4.69, 9.17) is 4.74 Å².